The van der Waals surface area contributed by atoms with Gasteiger partial charge < -0.3 is 0 Å². The van der Waals surface area contributed by atoms with Crippen molar-refractivity contribution in [3.05, 3.63) is 65.7 Å². The Labute approximate surface area is 139 Å². The highest BCUT2D eigenvalue weighted by molar-refractivity contribution is 6.00. The predicted molar refractivity (Wildman–Crippen MR) is 88.1 cm³/mol. The van der Waals surface area contributed by atoms with Gasteiger partial charge in [-0.05, 0) is 29.8 Å². The van der Waals surface area contributed by atoms with Crippen LogP contribution < -0.4 is 10.7 Å². The van der Waals surface area contributed by atoms with Gasteiger partial charge in [-0.3, -0.25) is 20.5 Å². The highest BCUT2D eigenvalue weighted by Crippen LogP contribution is 2.12. The van der Waals surface area contributed by atoms with E-state index in [1.807, 2.05) is 12.1 Å². The Morgan fingerprint density at radius 3 is 2.96 bits per heavy atom. The van der Waals surface area contributed by atoms with Gasteiger partial charge in [0.15, 0.2) is 12.1 Å². The summed E-state index contributed by atoms with van der Waals surface area (Å²) in [5, 5.41) is 4.60. The molecule has 0 saturated carbocycles. The fraction of sp³-hybridized carbons (Fsp3) is 0.235. The van der Waals surface area contributed by atoms with Crippen molar-refractivity contribution in [1.29, 1.82) is 0 Å². The van der Waals surface area contributed by atoms with Crippen LogP contribution >= 0.6 is 0 Å². The molecule has 6 nitrogen and oxygen atoms in total. The van der Waals surface area contributed by atoms with E-state index in [2.05, 4.69) is 20.7 Å². The van der Waals surface area contributed by atoms with Crippen molar-refractivity contribution >= 4 is 11.7 Å². The Kier molecular flexibility index (Phi) is 4.81. The number of carbonyl (C=O) groups excluding carboxylic acids is 1. The fourth-order valence-corrected chi connectivity index (χ4v) is 2.39. The molecule has 0 radical (unpaired) electrons. The molecule has 0 bridgehead atoms. The summed E-state index contributed by atoms with van der Waals surface area (Å²) < 4.78 is 13.3. The van der Waals surface area contributed by atoms with Crippen molar-refractivity contribution in [3.63, 3.8) is 0 Å². The molecule has 2 aromatic rings. The van der Waals surface area contributed by atoms with Gasteiger partial charge in [0.2, 0.25) is 5.91 Å². The molecule has 0 saturated heterocycles. The van der Waals surface area contributed by atoms with Crippen LogP contribution in [-0.4, -0.2) is 28.0 Å². The van der Waals surface area contributed by atoms with Crippen LogP contribution in [0.2, 0.25) is 0 Å². The second-order valence-corrected chi connectivity index (χ2v) is 5.33. The first kappa shape index (κ1) is 16.1. The maximum Gasteiger partial charge on any atom is 0.243 e. The number of aliphatic imine (C=N–C) groups is 1. The standard InChI is InChI=1S/C17H18FN5O/c1-2-15(24)23-17(20-10-12-5-3-7-14(18)9-12)21-16(22-23)13-6-4-8-19-11-13/h3-9,11,17,20H,2,10H2,1H3,(H,21,22). The van der Waals surface area contributed by atoms with Crippen LogP contribution in [0.25, 0.3) is 0 Å². The van der Waals surface area contributed by atoms with Crippen molar-refractivity contribution in [1.82, 2.24) is 20.7 Å². The molecule has 1 aliphatic heterocycles. The Hall–Kier alpha value is -2.80. The maximum absolute atomic E-state index is 13.3. The molecule has 1 amide bonds. The zero-order valence-electron chi connectivity index (χ0n) is 13.2. The summed E-state index contributed by atoms with van der Waals surface area (Å²) in [6.45, 7) is 2.18. The first-order valence-corrected chi connectivity index (χ1v) is 7.72. The highest BCUT2D eigenvalue weighted by Gasteiger charge is 2.29. The lowest BCUT2D eigenvalue weighted by atomic mass is 10.2. The van der Waals surface area contributed by atoms with Gasteiger partial charge in [0, 0.05) is 30.9 Å². The first-order chi connectivity index (χ1) is 11.7. The molecule has 3 rings (SSSR count). The van der Waals surface area contributed by atoms with Gasteiger partial charge in [0.05, 0.1) is 0 Å². The first-order valence-electron chi connectivity index (χ1n) is 7.72. The van der Waals surface area contributed by atoms with Crippen LogP contribution in [0.15, 0.2) is 53.8 Å². The molecule has 0 aliphatic carbocycles. The van der Waals surface area contributed by atoms with Gasteiger partial charge in [0.25, 0.3) is 0 Å². The lowest BCUT2D eigenvalue weighted by Gasteiger charge is -2.23. The number of amidine groups is 1. The Morgan fingerprint density at radius 2 is 2.25 bits per heavy atom. The van der Waals surface area contributed by atoms with E-state index in [4.69, 9.17) is 0 Å². The Morgan fingerprint density at radius 1 is 1.38 bits per heavy atom. The number of aromatic nitrogens is 1. The summed E-state index contributed by atoms with van der Waals surface area (Å²) in [6, 6.07) is 9.98. The number of carbonyl (C=O) groups is 1. The molecule has 1 aliphatic rings. The quantitative estimate of drug-likeness (QED) is 0.878. The number of hydrazine groups is 1. The van der Waals surface area contributed by atoms with Crippen molar-refractivity contribution < 1.29 is 9.18 Å². The van der Waals surface area contributed by atoms with Crippen molar-refractivity contribution in [2.24, 2.45) is 4.99 Å². The summed E-state index contributed by atoms with van der Waals surface area (Å²) >= 11 is 0. The molecule has 0 spiro atoms. The smallest absolute Gasteiger partial charge is 0.243 e. The largest absolute Gasteiger partial charge is 0.276 e. The average Bonchev–Trinajstić information content (AvgIpc) is 3.04. The zero-order chi connectivity index (χ0) is 16.9. The molecule has 1 aromatic heterocycles. The van der Waals surface area contributed by atoms with Crippen molar-refractivity contribution in [3.8, 4) is 0 Å². The molecule has 7 heteroatoms. The normalized spacial score (nSPS) is 16.7. The summed E-state index contributed by atoms with van der Waals surface area (Å²) in [7, 11) is 0. The maximum atomic E-state index is 13.3. The van der Waals surface area contributed by atoms with Crippen molar-refractivity contribution in [2.75, 3.05) is 0 Å². The summed E-state index contributed by atoms with van der Waals surface area (Å²) in [6.07, 6.45) is 3.14. The molecule has 1 unspecified atom stereocenters. The number of halogens is 1. The second kappa shape index (κ2) is 7.18. The third-order valence-electron chi connectivity index (χ3n) is 3.61. The Bertz CT molecular complexity index is 750. The third kappa shape index (κ3) is 3.57. The number of nitrogens with one attached hydrogen (secondary N) is 2. The van der Waals surface area contributed by atoms with Crippen LogP contribution in [0, 0.1) is 5.82 Å². The molecular weight excluding hydrogens is 309 g/mol. The van der Waals surface area contributed by atoms with Crippen LogP contribution in [0.3, 0.4) is 0 Å². The third-order valence-corrected chi connectivity index (χ3v) is 3.61. The summed E-state index contributed by atoms with van der Waals surface area (Å²) in [4.78, 5) is 20.7. The summed E-state index contributed by atoms with van der Waals surface area (Å²) in [5.41, 5.74) is 4.59. The minimum atomic E-state index is -0.559. The second-order valence-electron chi connectivity index (χ2n) is 5.33. The number of nitrogens with zero attached hydrogens (tertiary/aromatic N) is 3. The van der Waals surface area contributed by atoms with E-state index in [0.717, 1.165) is 11.1 Å². The average molecular weight is 327 g/mol. The van der Waals surface area contributed by atoms with E-state index < -0.39 is 6.29 Å². The predicted octanol–water partition coefficient (Wildman–Crippen LogP) is 1.80. The van der Waals surface area contributed by atoms with Crippen LogP contribution in [0.5, 0.6) is 0 Å². The molecule has 0 fully saturated rings. The number of amides is 1. The van der Waals surface area contributed by atoms with E-state index in [0.29, 0.717) is 18.8 Å². The van der Waals surface area contributed by atoms with Crippen LogP contribution in [0.1, 0.15) is 24.5 Å². The van der Waals surface area contributed by atoms with E-state index >= 15 is 0 Å². The number of hydrogen-bond donors (Lipinski definition) is 2. The lowest BCUT2D eigenvalue weighted by Crippen LogP contribution is -2.50. The highest BCUT2D eigenvalue weighted by atomic mass is 19.1. The van der Waals surface area contributed by atoms with Gasteiger partial charge >= 0.3 is 0 Å². The number of pyridine rings is 1. The van der Waals surface area contributed by atoms with E-state index in [-0.39, 0.29) is 11.7 Å². The number of hydrogen-bond acceptors (Lipinski definition) is 5. The van der Waals surface area contributed by atoms with Gasteiger partial charge in [-0.1, -0.05) is 19.1 Å². The lowest BCUT2D eigenvalue weighted by molar-refractivity contribution is -0.135. The molecule has 24 heavy (non-hydrogen) atoms. The van der Waals surface area contributed by atoms with Gasteiger partial charge in [-0.25, -0.2) is 14.4 Å². The topological polar surface area (TPSA) is 69.6 Å². The molecule has 1 aromatic carbocycles. The van der Waals surface area contributed by atoms with E-state index in [9.17, 15) is 9.18 Å². The van der Waals surface area contributed by atoms with Gasteiger partial charge in [0.1, 0.15) is 5.82 Å². The van der Waals surface area contributed by atoms with Gasteiger partial charge in [-0.15, -0.1) is 0 Å². The zero-order valence-corrected chi connectivity index (χ0v) is 13.2. The van der Waals surface area contributed by atoms with E-state index in [1.165, 1.54) is 17.1 Å². The van der Waals surface area contributed by atoms with E-state index in [1.54, 1.807) is 31.5 Å². The van der Waals surface area contributed by atoms with Crippen LogP contribution in [-0.2, 0) is 11.3 Å². The SMILES string of the molecule is CCC(=O)N1NC(c2cccnc2)=NC1NCc1cccc(F)c1. The molecular formula is C17H18FN5O. The van der Waals surface area contributed by atoms with Crippen LogP contribution in [0.4, 0.5) is 4.39 Å². The van der Waals surface area contributed by atoms with Crippen molar-refractivity contribution in [2.45, 2.75) is 26.2 Å². The molecule has 1 atom stereocenters. The number of benzene rings is 1. The molecule has 2 N–H and O–H groups in total. The fourth-order valence-electron chi connectivity index (χ4n) is 2.39. The molecule has 2 heterocycles. The molecule has 124 valence electrons. The minimum absolute atomic E-state index is 0.0885. The van der Waals surface area contributed by atoms with Gasteiger partial charge in [-0.2, -0.15) is 0 Å². The summed E-state index contributed by atoms with van der Waals surface area (Å²) in [5.74, 6) is 0.191. The Balaban J connectivity index is 1.76. The monoisotopic (exact) mass is 327 g/mol. The number of rotatable bonds is 5. The minimum Gasteiger partial charge on any atom is -0.276 e.